The first kappa shape index (κ1) is 49.9. The second kappa shape index (κ2) is 32.3. The normalized spacial score (nSPS) is 14.7. The van der Waals surface area contributed by atoms with E-state index in [1.54, 1.807) is 0 Å². The zero-order valence-electron chi connectivity index (χ0n) is 34.4. The molecule has 0 saturated carbocycles. The molecule has 0 aromatic heterocycles. The van der Waals surface area contributed by atoms with Crippen LogP contribution in [0, 0.1) is 0 Å². The molecule has 8 heteroatoms. The summed E-state index contributed by atoms with van der Waals surface area (Å²) in [6.45, 7) is 6.34. The highest BCUT2D eigenvalue weighted by atomic mass is 31.2. The Labute approximate surface area is 316 Å². The second-order valence-corrected chi connectivity index (χ2v) is 17.3. The molecular weight excluding hydrogens is 657 g/mol. The molecule has 0 bridgehead atoms. The predicted octanol–water partition coefficient (Wildman–Crippen LogP) is 12.8. The lowest BCUT2D eigenvalue weighted by atomic mass is 9.89. The van der Waals surface area contributed by atoms with Crippen LogP contribution in [-0.2, 0) is 23.2 Å². The summed E-state index contributed by atoms with van der Waals surface area (Å²) >= 11 is 0. The molecule has 1 N–H and O–H groups in total. The fraction of sp³-hybridized carbons (Fsp3) is 0.860. The van der Waals surface area contributed by atoms with Crippen LogP contribution in [0.4, 0.5) is 0 Å². The molecule has 0 fully saturated rings. The van der Waals surface area contributed by atoms with Gasteiger partial charge in [-0.3, -0.25) is 18.6 Å². The third-order valence-corrected chi connectivity index (χ3v) is 10.8. The third kappa shape index (κ3) is 31.0. The molecule has 51 heavy (non-hydrogen) atoms. The molecule has 0 radical (unpaired) electrons. The van der Waals surface area contributed by atoms with Crippen molar-refractivity contribution in [2.45, 2.75) is 206 Å². The molecule has 0 aliphatic rings. The summed E-state index contributed by atoms with van der Waals surface area (Å²) < 4.78 is 24.2. The Morgan fingerprint density at radius 1 is 0.569 bits per heavy atom. The van der Waals surface area contributed by atoms with Crippen LogP contribution in [0.1, 0.15) is 201 Å². The van der Waals surface area contributed by atoms with E-state index in [2.05, 4.69) is 38.2 Å². The number of quaternary nitrogens is 1. The van der Waals surface area contributed by atoms with Crippen molar-refractivity contribution in [2.24, 2.45) is 0 Å². The maximum atomic E-state index is 13.5. The van der Waals surface area contributed by atoms with Crippen LogP contribution in [0.5, 0.6) is 0 Å². The van der Waals surface area contributed by atoms with Crippen LogP contribution in [0.2, 0.25) is 0 Å². The molecule has 0 aromatic rings. The Kier molecular flexibility index (Phi) is 31.6. The van der Waals surface area contributed by atoms with Gasteiger partial charge in [0.15, 0.2) is 17.2 Å². The first-order chi connectivity index (χ1) is 24.4. The number of Topliss-reactive ketones (excluding diaryl/α,β-unsaturated/α-hetero) is 2. The van der Waals surface area contributed by atoms with E-state index in [1.807, 2.05) is 21.1 Å². The van der Waals surface area contributed by atoms with E-state index in [0.29, 0.717) is 23.9 Å². The largest absolute Gasteiger partial charge is 0.473 e. The summed E-state index contributed by atoms with van der Waals surface area (Å²) in [6.07, 6.45) is 39.5. The zero-order chi connectivity index (χ0) is 38.1. The molecule has 0 rings (SSSR count). The number of unbranched alkanes of at least 4 members (excludes halogenated alkanes) is 22. The molecule has 0 aromatic carbocycles. The average molecular weight is 741 g/mol. The first-order valence-electron chi connectivity index (χ1n) is 21.2. The van der Waals surface area contributed by atoms with Gasteiger partial charge in [0.2, 0.25) is 0 Å². The minimum absolute atomic E-state index is 0.0157. The Bertz CT molecular complexity index is 905. The fourth-order valence-corrected chi connectivity index (χ4v) is 7.16. The third-order valence-electron chi connectivity index (χ3n) is 9.71. The molecule has 1 unspecified atom stereocenters. The average Bonchev–Trinajstić information content (AvgIpc) is 3.07. The van der Waals surface area contributed by atoms with Gasteiger partial charge in [-0.1, -0.05) is 141 Å². The molecule has 300 valence electrons. The lowest BCUT2D eigenvalue weighted by Crippen LogP contribution is -2.46. The van der Waals surface area contributed by atoms with Crippen LogP contribution < -0.4 is 0 Å². The minimum atomic E-state index is -4.62. The van der Waals surface area contributed by atoms with Gasteiger partial charge >= 0.3 is 7.82 Å². The van der Waals surface area contributed by atoms with Crippen molar-refractivity contribution in [3.8, 4) is 0 Å². The number of phosphoric ester groups is 1. The highest BCUT2D eigenvalue weighted by Crippen LogP contribution is 2.48. The molecule has 0 spiro atoms. The smallest absolute Gasteiger partial charge is 0.329 e. The summed E-state index contributed by atoms with van der Waals surface area (Å²) in [4.78, 5) is 37.5. The molecule has 0 saturated heterocycles. The molecule has 7 nitrogen and oxygen atoms in total. The SMILES string of the molecule is CCCCCCCCC=CCCCCCCCC(=O)C(C)(OP(=O)(O)OCC[N+](C)(C)C)C(=O)CCCCCCCC=CCCCCCCCC. The van der Waals surface area contributed by atoms with Gasteiger partial charge < -0.3 is 9.38 Å². The van der Waals surface area contributed by atoms with Crippen molar-refractivity contribution in [2.75, 3.05) is 34.3 Å². The van der Waals surface area contributed by atoms with Crippen LogP contribution in [0.25, 0.3) is 0 Å². The van der Waals surface area contributed by atoms with Crippen molar-refractivity contribution in [1.82, 2.24) is 0 Å². The van der Waals surface area contributed by atoms with Gasteiger partial charge in [0.25, 0.3) is 0 Å². The topological polar surface area (TPSA) is 89.9 Å². The second-order valence-electron chi connectivity index (χ2n) is 16.0. The monoisotopic (exact) mass is 741 g/mol. The van der Waals surface area contributed by atoms with E-state index in [9.17, 15) is 19.0 Å². The number of hydrogen-bond donors (Lipinski definition) is 1. The molecular formula is C43H83NO6P+. The number of carbonyl (C=O) groups is 2. The molecule has 0 heterocycles. The first-order valence-corrected chi connectivity index (χ1v) is 22.7. The number of nitrogens with zero attached hydrogens (tertiary/aromatic N) is 1. The number of rotatable bonds is 38. The Morgan fingerprint density at radius 3 is 1.22 bits per heavy atom. The van der Waals surface area contributed by atoms with Gasteiger partial charge in [0.05, 0.1) is 21.1 Å². The number of allylic oxidation sites excluding steroid dienone is 4. The number of hydrogen-bond acceptors (Lipinski definition) is 5. The zero-order valence-corrected chi connectivity index (χ0v) is 35.3. The van der Waals surface area contributed by atoms with E-state index in [0.717, 1.165) is 64.2 Å². The summed E-state index contributed by atoms with van der Waals surface area (Å²) in [5.41, 5.74) is -1.98. The molecule has 1 atom stereocenters. The Balaban J connectivity index is 4.62. The summed E-state index contributed by atoms with van der Waals surface area (Å²) in [5.74, 6) is -0.857. The van der Waals surface area contributed by atoms with Crippen LogP contribution in [0.15, 0.2) is 24.3 Å². The molecule has 0 amide bonds. The lowest BCUT2D eigenvalue weighted by molar-refractivity contribution is -0.870. The van der Waals surface area contributed by atoms with Crippen molar-refractivity contribution < 1.29 is 32.6 Å². The van der Waals surface area contributed by atoms with Gasteiger partial charge in [-0.25, -0.2) is 4.57 Å². The maximum Gasteiger partial charge on any atom is 0.473 e. The Hall–Kier alpha value is -1.11. The Morgan fingerprint density at radius 2 is 0.882 bits per heavy atom. The van der Waals surface area contributed by atoms with E-state index >= 15 is 0 Å². The fourth-order valence-electron chi connectivity index (χ4n) is 6.13. The number of phosphoric acid groups is 1. The van der Waals surface area contributed by atoms with Crippen molar-refractivity contribution in [3.63, 3.8) is 0 Å². The maximum absolute atomic E-state index is 13.5. The number of likely N-dealkylation sites (N-methyl/N-ethyl adjacent to an activating group) is 1. The highest BCUT2D eigenvalue weighted by Gasteiger charge is 2.46. The van der Waals surface area contributed by atoms with Crippen LogP contribution in [0.3, 0.4) is 0 Å². The van der Waals surface area contributed by atoms with Crippen LogP contribution >= 0.6 is 7.82 Å². The summed E-state index contributed by atoms with van der Waals surface area (Å²) in [5, 5.41) is 0. The van der Waals surface area contributed by atoms with Gasteiger partial charge in [0.1, 0.15) is 13.2 Å². The van der Waals surface area contributed by atoms with E-state index in [1.165, 1.54) is 96.8 Å². The standard InChI is InChI=1S/C43H82NO6P/c1-7-9-11-13-15-17-19-21-23-25-27-29-31-33-35-37-41(45)43(3,50-51(47,48)49-40-39-44(4,5)6)42(46)38-36-34-32-30-28-26-24-22-20-18-16-14-12-10-8-2/h21-24H,7-20,25-40H2,1-6H3/p+1. The van der Waals surface area contributed by atoms with Crippen LogP contribution in [-0.4, -0.2) is 60.8 Å². The highest BCUT2D eigenvalue weighted by molar-refractivity contribution is 7.47. The predicted molar refractivity (Wildman–Crippen MR) is 217 cm³/mol. The van der Waals surface area contributed by atoms with Crippen molar-refractivity contribution in [3.05, 3.63) is 24.3 Å². The van der Waals surface area contributed by atoms with Crippen molar-refractivity contribution >= 4 is 19.4 Å². The number of ketones is 2. The quantitative estimate of drug-likeness (QED) is 0.0223. The van der Waals surface area contributed by atoms with E-state index in [-0.39, 0.29) is 19.4 Å². The van der Waals surface area contributed by atoms with Gasteiger partial charge in [-0.2, -0.15) is 0 Å². The summed E-state index contributed by atoms with van der Waals surface area (Å²) in [7, 11) is 1.23. The lowest BCUT2D eigenvalue weighted by Gasteiger charge is -2.29. The number of carbonyl (C=O) groups excluding carboxylic acids is 2. The minimum Gasteiger partial charge on any atom is -0.329 e. The van der Waals surface area contributed by atoms with E-state index in [4.69, 9.17) is 9.05 Å². The molecule has 0 aliphatic carbocycles. The van der Waals surface area contributed by atoms with Gasteiger partial charge in [0, 0.05) is 12.8 Å². The van der Waals surface area contributed by atoms with E-state index < -0.39 is 25.0 Å². The van der Waals surface area contributed by atoms with Crippen molar-refractivity contribution in [1.29, 1.82) is 0 Å². The summed E-state index contributed by atoms with van der Waals surface area (Å²) in [6, 6.07) is 0. The van der Waals surface area contributed by atoms with Gasteiger partial charge in [-0.05, 0) is 71.1 Å². The molecule has 0 aliphatic heterocycles. The van der Waals surface area contributed by atoms with Gasteiger partial charge in [-0.15, -0.1) is 0 Å².